The first-order valence-corrected chi connectivity index (χ1v) is 24.1. The SMILES string of the molecule is CC(C)(C)C(=O)OCOC(=O)[C@@H]1N2C(=O)[C@@H](N(C(=O)c3ccc(C(=O)N(C(=O)C(NC(N)=O)c4ccccc4)[C@@H]4C(=O)N5[C@@H]4SC(C)(C)[C@@H]5C(=O)O)cc3)C(=O)C(NC(N)=O)c3ccccc3)[C@H]2SC1(C)C. The van der Waals surface area contributed by atoms with E-state index < -0.39 is 134 Å². The third-order valence-electron chi connectivity index (χ3n) is 12.5. The molecule has 3 aromatic rings. The topological polar surface area (TPSA) is 316 Å². The van der Waals surface area contributed by atoms with Crippen molar-refractivity contribution in [2.24, 2.45) is 16.9 Å². The summed E-state index contributed by atoms with van der Waals surface area (Å²) in [4.78, 5) is 154. The number of esters is 2. The van der Waals surface area contributed by atoms with Gasteiger partial charge in [-0.1, -0.05) is 60.7 Å². The fourth-order valence-electron chi connectivity index (χ4n) is 9.07. The summed E-state index contributed by atoms with van der Waals surface area (Å²) in [6, 6.07) is 8.67. The highest BCUT2D eigenvalue weighted by molar-refractivity contribution is 8.02. The number of benzene rings is 3. The van der Waals surface area contributed by atoms with Crippen molar-refractivity contribution in [3.8, 4) is 0 Å². The smallest absolute Gasteiger partial charge is 0.333 e. The van der Waals surface area contributed by atoms with Crippen LogP contribution in [-0.4, -0.2) is 141 Å². The first-order valence-electron chi connectivity index (χ1n) is 22.3. The number of fused-ring (bicyclic) bond motifs is 2. The average molecular weight is 1030 g/mol. The number of ether oxygens (including phenoxy) is 2. The first-order chi connectivity index (χ1) is 33.7. The highest BCUT2D eigenvalue weighted by atomic mass is 32.2. The lowest BCUT2D eigenvalue weighted by Crippen LogP contribution is -2.73. The minimum absolute atomic E-state index is 0.182. The number of carbonyl (C=O) groups excluding carboxylic acids is 10. The quantitative estimate of drug-likeness (QED) is 0.0880. The number of nitrogens with one attached hydrogen (secondary N) is 2. The largest absolute Gasteiger partial charge is 0.480 e. The number of aliphatic carboxylic acids is 1. The van der Waals surface area contributed by atoms with Crippen molar-refractivity contribution in [2.45, 2.75) is 105 Å². The first kappa shape index (κ1) is 52.4. The molecule has 4 fully saturated rings. The number of primary amides is 2. The molecule has 72 heavy (non-hydrogen) atoms. The maximum absolute atomic E-state index is 14.9. The summed E-state index contributed by atoms with van der Waals surface area (Å²) in [5, 5.41) is 12.7. The molecule has 0 bridgehead atoms. The molecular weight excluding hydrogens is 977 g/mol. The number of β-lactam (4-membered cyclic amide) rings is 2. The van der Waals surface area contributed by atoms with E-state index in [1.165, 1.54) is 24.3 Å². The number of urea groups is 2. The van der Waals surface area contributed by atoms with Crippen molar-refractivity contribution in [1.82, 2.24) is 30.2 Å². The number of carboxylic acids is 1. The minimum Gasteiger partial charge on any atom is -0.480 e. The van der Waals surface area contributed by atoms with Crippen molar-refractivity contribution >= 4 is 88.9 Å². The number of rotatable bonds is 14. The van der Waals surface area contributed by atoms with Gasteiger partial charge in [-0.3, -0.25) is 43.4 Å². The Bertz CT molecular complexity index is 2750. The van der Waals surface area contributed by atoms with Gasteiger partial charge in [0.1, 0.15) is 47.0 Å². The van der Waals surface area contributed by atoms with Crippen molar-refractivity contribution in [3.05, 3.63) is 107 Å². The van der Waals surface area contributed by atoms with Gasteiger partial charge in [-0.05, 0) is 83.9 Å². The van der Waals surface area contributed by atoms with Crippen LogP contribution in [0, 0.1) is 5.41 Å². The number of thioether (sulfide) groups is 2. The second-order valence-electron chi connectivity index (χ2n) is 19.3. The number of carboxylic acid groups (broad SMARTS) is 1. The summed E-state index contributed by atoms with van der Waals surface area (Å²) in [7, 11) is 0. The van der Waals surface area contributed by atoms with Gasteiger partial charge in [0, 0.05) is 20.6 Å². The molecule has 0 aliphatic carbocycles. The van der Waals surface area contributed by atoms with E-state index in [-0.39, 0.29) is 22.3 Å². The van der Waals surface area contributed by atoms with Crippen LogP contribution in [0.1, 0.15) is 92.4 Å². The fourth-order valence-corrected chi connectivity index (χ4v) is 12.4. The Balaban J connectivity index is 1.24. The van der Waals surface area contributed by atoms with Gasteiger partial charge >= 0.3 is 30.0 Å². The molecule has 7 N–H and O–H groups in total. The molecule has 0 radical (unpaired) electrons. The third-order valence-corrected chi connectivity index (χ3v) is 15.6. The van der Waals surface area contributed by atoms with Crippen LogP contribution in [0.15, 0.2) is 84.9 Å². The van der Waals surface area contributed by atoms with Crippen molar-refractivity contribution in [2.75, 3.05) is 6.79 Å². The van der Waals surface area contributed by atoms with E-state index in [1.54, 1.807) is 84.9 Å². The zero-order valence-corrected chi connectivity index (χ0v) is 41.6. The summed E-state index contributed by atoms with van der Waals surface area (Å²) in [5.41, 5.74) is 9.92. The maximum atomic E-state index is 14.9. The molecule has 0 aromatic heterocycles. The van der Waals surface area contributed by atoms with E-state index in [0.29, 0.717) is 9.80 Å². The minimum atomic E-state index is -1.63. The van der Waals surface area contributed by atoms with Gasteiger partial charge < -0.3 is 46.5 Å². The van der Waals surface area contributed by atoms with E-state index in [2.05, 4.69) is 10.6 Å². The maximum Gasteiger partial charge on any atom is 0.333 e. The van der Waals surface area contributed by atoms with Crippen LogP contribution in [0.2, 0.25) is 0 Å². The zero-order valence-electron chi connectivity index (χ0n) is 39.9. The second-order valence-corrected chi connectivity index (χ2v) is 22.9. The lowest BCUT2D eigenvalue weighted by Gasteiger charge is -2.48. The Morgan fingerprint density at radius 3 is 1.38 bits per heavy atom. The van der Waals surface area contributed by atoms with Gasteiger partial charge in [-0.25, -0.2) is 19.2 Å². The van der Waals surface area contributed by atoms with E-state index in [4.69, 9.17) is 20.9 Å². The molecule has 10 amide bonds. The van der Waals surface area contributed by atoms with Crippen LogP contribution in [0.5, 0.6) is 0 Å². The molecule has 380 valence electrons. The van der Waals surface area contributed by atoms with E-state index in [1.807, 2.05) is 0 Å². The summed E-state index contributed by atoms with van der Waals surface area (Å²) in [6.45, 7) is 10.6. The monoisotopic (exact) mass is 1030 g/mol. The molecule has 22 nitrogen and oxygen atoms in total. The molecule has 7 rings (SSSR count). The molecule has 0 spiro atoms. The average Bonchev–Trinajstić information content (AvgIpc) is 3.73. The van der Waals surface area contributed by atoms with Gasteiger partial charge in [-0.2, -0.15) is 0 Å². The molecule has 8 atom stereocenters. The summed E-state index contributed by atoms with van der Waals surface area (Å²) in [6.07, 6.45) is 0. The number of hydrogen-bond acceptors (Lipinski definition) is 15. The molecule has 4 heterocycles. The Labute approximate surface area is 420 Å². The number of imide groups is 2. The molecule has 4 aliphatic rings. The van der Waals surface area contributed by atoms with Crippen LogP contribution in [-0.2, 0) is 43.0 Å². The van der Waals surface area contributed by atoms with Crippen LogP contribution < -0.4 is 22.1 Å². The molecule has 0 saturated carbocycles. The van der Waals surface area contributed by atoms with Gasteiger partial charge in [0.2, 0.25) is 6.79 Å². The van der Waals surface area contributed by atoms with Crippen LogP contribution in [0.25, 0.3) is 0 Å². The third kappa shape index (κ3) is 9.66. The normalized spacial score (nSPS) is 23.1. The summed E-state index contributed by atoms with van der Waals surface area (Å²) >= 11 is 2.14. The molecular formula is C48H52N8O14S2. The number of amides is 10. The van der Waals surface area contributed by atoms with Crippen molar-refractivity contribution < 1.29 is 67.3 Å². The van der Waals surface area contributed by atoms with Gasteiger partial charge in [-0.15, -0.1) is 23.5 Å². The van der Waals surface area contributed by atoms with Crippen molar-refractivity contribution in [3.63, 3.8) is 0 Å². The Morgan fingerprint density at radius 2 is 1.01 bits per heavy atom. The Kier molecular flexibility index (Phi) is 14.3. The van der Waals surface area contributed by atoms with Crippen LogP contribution >= 0.6 is 23.5 Å². The molecule has 4 aliphatic heterocycles. The summed E-state index contributed by atoms with van der Waals surface area (Å²) in [5.74, 6) is -8.97. The molecule has 2 unspecified atom stereocenters. The van der Waals surface area contributed by atoms with E-state index >= 15 is 0 Å². The number of nitrogens with zero attached hydrogens (tertiary/aromatic N) is 4. The Hall–Kier alpha value is -7.47. The van der Waals surface area contributed by atoms with Gasteiger partial charge in [0.05, 0.1) is 5.41 Å². The highest BCUT2D eigenvalue weighted by Crippen LogP contribution is 2.54. The molecule has 24 heteroatoms. The van der Waals surface area contributed by atoms with Gasteiger partial charge in [0.15, 0.2) is 0 Å². The lowest BCUT2D eigenvalue weighted by molar-refractivity contribution is -0.181. The lowest BCUT2D eigenvalue weighted by atomic mass is 9.93. The number of nitrogens with two attached hydrogens (primary N) is 2. The van der Waals surface area contributed by atoms with E-state index in [9.17, 15) is 57.8 Å². The van der Waals surface area contributed by atoms with Crippen LogP contribution in [0.3, 0.4) is 0 Å². The zero-order chi connectivity index (χ0) is 52.9. The second kappa shape index (κ2) is 19.6. The predicted octanol–water partition coefficient (Wildman–Crippen LogP) is 2.48. The number of carbonyl (C=O) groups is 11. The standard InChI is InChI=1S/C48H52N8O14S2/c1-46(2,3)43(66)70-22-69-42(65)32-48(6,7)72-40-30(38(62)56(32)40)54(36(60)28(52-45(50)68)24-16-12-9-13-17-24)34(58)26-20-18-25(19-21-26)33(57)53(35(59)27(51-44(49)67)23-14-10-8-11-15-23)29-37(61)55-31(41(63)64)47(4,5)71-39(29)55/h8-21,27-32,39-40H,22H2,1-7H3,(H,63,64)(H3,49,51,67)(H3,50,52,68)/t27?,28?,29-,30-,31+,32+,39-,40-/m1/s1. The summed E-state index contributed by atoms with van der Waals surface area (Å²) < 4.78 is 8.23. The number of hydrogen-bond donors (Lipinski definition) is 5. The fraction of sp³-hybridized carbons (Fsp3) is 0.396. The Morgan fingerprint density at radius 1 is 0.639 bits per heavy atom. The highest BCUT2D eigenvalue weighted by Gasteiger charge is 2.68. The van der Waals surface area contributed by atoms with E-state index in [0.717, 1.165) is 57.6 Å². The van der Waals surface area contributed by atoms with Crippen molar-refractivity contribution in [1.29, 1.82) is 0 Å². The molecule has 3 aromatic carbocycles. The predicted molar refractivity (Wildman–Crippen MR) is 257 cm³/mol. The molecule has 4 saturated heterocycles. The van der Waals surface area contributed by atoms with Crippen LogP contribution in [0.4, 0.5) is 9.59 Å². The van der Waals surface area contributed by atoms with Gasteiger partial charge in [0.25, 0.3) is 35.4 Å².